The molecule has 1 saturated heterocycles. The van der Waals surface area contributed by atoms with Gasteiger partial charge in [-0.15, -0.1) is 0 Å². The van der Waals surface area contributed by atoms with Crippen LogP contribution in [-0.2, 0) is 14.3 Å². The SMILES string of the molecule is CC(C)C[C@H](O)C(=O)N[C@@H](CCCCNC(=O)c1ccccc1)C1OCCO1. The molecule has 0 saturated carbocycles. The molecule has 2 atom stereocenters. The lowest BCUT2D eigenvalue weighted by molar-refractivity contribution is -0.135. The van der Waals surface area contributed by atoms with Gasteiger partial charge >= 0.3 is 0 Å². The fraction of sp³-hybridized carbons (Fsp3) is 0.619. The zero-order valence-corrected chi connectivity index (χ0v) is 16.7. The summed E-state index contributed by atoms with van der Waals surface area (Å²) in [4.78, 5) is 24.3. The second kappa shape index (κ2) is 11.8. The van der Waals surface area contributed by atoms with Crippen molar-refractivity contribution in [3.05, 3.63) is 35.9 Å². The number of aliphatic hydroxyl groups excluding tert-OH is 1. The van der Waals surface area contributed by atoms with Crippen LogP contribution in [0.2, 0.25) is 0 Å². The van der Waals surface area contributed by atoms with Gasteiger partial charge in [0.25, 0.3) is 5.91 Å². The van der Waals surface area contributed by atoms with Crippen molar-refractivity contribution < 1.29 is 24.2 Å². The standard InChI is InChI=1S/C21H32N2O5/c1-15(2)14-18(24)20(26)23-17(21-27-12-13-28-21)10-6-7-11-22-19(25)16-8-4-3-5-9-16/h3-5,8-9,15,17-18,21,24H,6-7,10-14H2,1-2H3,(H,22,25)(H,23,26)/t17-,18-/m0/s1. The van der Waals surface area contributed by atoms with Crippen molar-refractivity contribution >= 4 is 11.8 Å². The van der Waals surface area contributed by atoms with Crippen molar-refractivity contribution in [2.45, 2.75) is 58.0 Å². The van der Waals surface area contributed by atoms with Crippen LogP contribution in [0.15, 0.2) is 30.3 Å². The first-order valence-corrected chi connectivity index (χ1v) is 10.0. The van der Waals surface area contributed by atoms with E-state index in [0.717, 1.165) is 12.8 Å². The van der Waals surface area contributed by atoms with Gasteiger partial charge in [0.05, 0.1) is 19.3 Å². The summed E-state index contributed by atoms with van der Waals surface area (Å²) in [5, 5.41) is 15.8. The summed E-state index contributed by atoms with van der Waals surface area (Å²) in [5.74, 6) is -0.258. The lowest BCUT2D eigenvalue weighted by Crippen LogP contribution is -2.48. The van der Waals surface area contributed by atoms with E-state index >= 15 is 0 Å². The third kappa shape index (κ3) is 7.58. The molecule has 0 bridgehead atoms. The predicted octanol–water partition coefficient (Wildman–Crippen LogP) is 1.85. The van der Waals surface area contributed by atoms with Gasteiger partial charge in [0.15, 0.2) is 6.29 Å². The fourth-order valence-corrected chi connectivity index (χ4v) is 3.10. The third-order valence-electron chi connectivity index (χ3n) is 4.56. The minimum atomic E-state index is -1.03. The third-order valence-corrected chi connectivity index (χ3v) is 4.56. The van der Waals surface area contributed by atoms with Crippen LogP contribution in [0, 0.1) is 5.92 Å². The minimum Gasteiger partial charge on any atom is -0.383 e. The minimum absolute atomic E-state index is 0.0929. The Morgan fingerprint density at radius 1 is 1.14 bits per heavy atom. The average Bonchev–Trinajstić information content (AvgIpc) is 3.21. The van der Waals surface area contributed by atoms with Gasteiger partial charge in [0.2, 0.25) is 5.91 Å². The number of hydrogen-bond acceptors (Lipinski definition) is 5. The van der Waals surface area contributed by atoms with E-state index in [1.54, 1.807) is 12.1 Å². The van der Waals surface area contributed by atoms with Crippen LogP contribution in [-0.4, -0.2) is 55.1 Å². The Kier molecular flexibility index (Phi) is 9.40. The normalized spacial score (nSPS) is 16.7. The van der Waals surface area contributed by atoms with Gasteiger partial charge in [-0.1, -0.05) is 32.0 Å². The molecule has 7 nitrogen and oxygen atoms in total. The summed E-state index contributed by atoms with van der Waals surface area (Å²) in [5.41, 5.74) is 0.638. The van der Waals surface area contributed by atoms with Crippen LogP contribution in [0.1, 0.15) is 49.9 Å². The van der Waals surface area contributed by atoms with Crippen LogP contribution in [0.3, 0.4) is 0 Å². The number of amides is 2. The highest BCUT2D eigenvalue weighted by Crippen LogP contribution is 2.15. The van der Waals surface area contributed by atoms with E-state index in [9.17, 15) is 14.7 Å². The molecule has 2 amide bonds. The van der Waals surface area contributed by atoms with Gasteiger partial charge < -0.3 is 25.2 Å². The summed E-state index contributed by atoms with van der Waals surface area (Å²) in [7, 11) is 0. The predicted molar refractivity (Wildman–Crippen MR) is 106 cm³/mol. The van der Waals surface area contributed by atoms with E-state index in [4.69, 9.17) is 9.47 Å². The Labute approximate surface area is 166 Å². The summed E-state index contributed by atoms with van der Waals surface area (Å²) < 4.78 is 11.1. The fourth-order valence-electron chi connectivity index (χ4n) is 3.10. The topological polar surface area (TPSA) is 96.9 Å². The maximum atomic E-state index is 12.3. The molecule has 156 valence electrons. The molecule has 1 aliphatic heterocycles. The van der Waals surface area contributed by atoms with Crippen molar-refractivity contribution in [2.24, 2.45) is 5.92 Å². The summed E-state index contributed by atoms with van der Waals surface area (Å²) in [6, 6.07) is 8.77. The highest BCUT2D eigenvalue weighted by molar-refractivity contribution is 5.94. The van der Waals surface area contributed by atoms with Gasteiger partial charge in [0, 0.05) is 12.1 Å². The lowest BCUT2D eigenvalue weighted by atomic mass is 10.0. The number of carbonyl (C=O) groups is 2. The number of ether oxygens (including phenoxy) is 2. The van der Waals surface area contributed by atoms with Crippen molar-refractivity contribution in [3.63, 3.8) is 0 Å². The van der Waals surface area contributed by atoms with Gasteiger partial charge in [-0.05, 0) is 43.7 Å². The van der Waals surface area contributed by atoms with Crippen molar-refractivity contribution in [2.75, 3.05) is 19.8 Å². The van der Waals surface area contributed by atoms with Crippen LogP contribution in [0.5, 0.6) is 0 Å². The Morgan fingerprint density at radius 2 is 1.82 bits per heavy atom. The van der Waals surface area contributed by atoms with Crippen molar-refractivity contribution in [1.82, 2.24) is 10.6 Å². The smallest absolute Gasteiger partial charge is 0.251 e. The molecule has 28 heavy (non-hydrogen) atoms. The van der Waals surface area contributed by atoms with Crippen LogP contribution >= 0.6 is 0 Å². The molecule has 0 aliphatic carbocycles. The molecule has 0 aromatic heterocycles. The highest BCUT2D eigenvalue weighted by Gasteiger charge is 2.29. The zero-order valence-electron chi connectivity index (χ0n) is 16.7. The average molecular weight is 392 g/mol. The number of nitrogens with one attached hydrogen (secondary N) is 2. The molecule has 0 unspecified atom stereocenters. The molecule has 7 heteroatoms. The van der Waals surface area contributed by atoms with E-state index in [1.165, 1.54) is 0 Å². The Balaban J connectivity index is 1.74. The van der Waals surface area contributed by atoms with Gasteiger partial charge in [0.1, 0.15) is 6.10 Å². The molecule has 1 heterocycles. The second-order valence-corrected chi connectivity index (χ2v) is 7.49. The molecule has 1 aromatic rings. The molecular weight excluding hydrogens is 360 g/mol. The van der Waals surface area contributed by atoms with Crippen molar-refractivity contribution in [3.8, 4) is 0 Å². The van der Waals surface area contributed by atoms with Gasteiger partial charge in [-0.25, -0.2) is 0 Å². The summed E-state index contributed by atoms with van der Waals surface area (Å²) >= 11 is 0. The monoisotopic (exact) mass is 392 g/mol. The first kappa shape index (κ1) is 22.3. The highest BCUT2D eigenvalue weighted by atomic mass is 16.7. The first-order chi connectivity index (χ1) is 13.5. The van der Waals surface area contributed by atoms with Crippen LogP contribution in [0.25, 0.3) is 0 Å². The molecule has 3 N–H and O–H groups in total. The quantitative estimate of drug-likeness (QED) is 0.500. The van der Waals surface area contributed by atoms with Gasteiger partial charge in [-0.3, -0.25) is 9.59 Å². The number of aliphatic hydroxyl groups is 1. The molecule has 0 radical (unpaired) electrons. The largest absolute Gasteiger partial charge is 0.383 e. The second-order valence-electron chi connectivity index (χ2n) is 7.49. The summed E-state index contributed by atoms with van der Waals surface area (Å²) in [6.45, 7) is 5.47. The van der Waals surface area contributed by atoms with Crippen molar-refractivity contribution in [1.29, 1.82) is 0 Å². The van der Waals surface area contributed by atoms with E-state index in [-0.39, 0.29) is 17.9 Å². The number of hydrogen-bond donors (Lipinski definition) is 3. The van der Waals surface area contributed by atoms with Gasteiger partial charge in [-0.2, -0.15) is 0 Å². The van der Waals surface area contributed by atoms with Crippen LogP contribution in [0.4, 0.5) is 0 Å². The Hall–Kier alpha value is -1.96. The zero-order chi connectivity index (χ0) is 20.4. The molecule has 1 aliphatic rings. The Morgan fingerprint density at radius 3 is 2.46 bits per heavy atom. The molecule has 1 aromatic carbocycles. The first-order valence-electron chi connectivity index (χ1n) is 10.0. The number of rotatable bonds is 11. The maximum Gasteiger partial charge on any atom is 0.251 e. The summed E-state index contributed by atoms with van der Waals surface area (Å²) in [6.07, 6.45) is 1.08. The number of benzene rings is 1. The Bertz CT molecular complexity index is 602. The van der Waals surface area contributed by atoms with Crippen LogP contribution < -0.4 is 10.6 Å². The molecular formula is C21H32N2O5. The molecule has 2 rings (SSSR count). The molecule has 1 fully saturated rings. The van der Waals surface area contributed by atoms with E-state index in [1.807, 2.05) is 32.0 Å². The molecule has 0 spiro atoms. The maximum absolute atomic E-state index is 12.3. The number of carbonyl (C=O) groups excluding carboxylic acids is 2. The van der Waals surface area contributed by atoms with E-state index in [2.05, 4.69) is 10.6 Å². The number of unbranched alkanes of at least 4 members (excludes halogenated alkanes) is 1. The van der Waals surface area contributed by atoms with E-state index < -0.39 is 18.3 Å². The van der Waals surface area contributed by atoms with E-state index in [0.29, 0.717) is 38.2 Å². The lowest BCUT2D eigenvalue weighted by Gasteiger charge is -2.25.